The van der Waals surface area contributed by atoms with Crippen LogP contribution in [0.2, 0.25) is 0 Å². The van der Waals surface area contributed by atoms with Gasteiger partial charge in [-0.2, -0.15) is 10.2 Å². The average Bonchev–Trinajstić information content (AvgIpc) is 3.01. The molecule has 20 heavy (non-hydrogen) atoms. The van der Waals surface area contributed by atoms with Crippen molar-refractivity contribution in [2.24, 2.45) is 7.05 Å². The molecule has 0 aliphatic carbocycles. The third-order valence-corrected chi connectivity index (χ3v) is 3.22. The molecule has 0 saturated carbocycles. The molecule has 110 valence electrons. The maximum absolute atomic E-state index is 5.47. The van der Waals surface area contributed by atoms with E-state index in [1.807, 2.05) is 28.7 Å². The Morgan fingerprint density at radius 3 is 2.65 bits per heavy atom. The van der Waals surface area contributed by atoms with E-state index in [2.05, 4.69) is 36.3 Å². The van der Waals surface area contributed by atoms with Crippen molar-refractivity contribution < 1.29 is 4.74 Å². The minimum Gasteiger partial charge on any atom is -0.493 e. The van der Waals surface area contributed by atoms with Gasteiger partial charge in [0.05, 0.1) is 25.0 Å². The van der Waals surface area contributed by atoms with Crippen LogP contribution in [0, 0.1) is 0 Å². The Balaban J connectivity index is 2.50. The first-order chi connectivity index (χ1) is 9.58. The van der Waals surface area contributed by atoms with Crippen LogP contribution in [0.4, 0.5) is 0 Å². The van der Waals surface area contributed by atoms with Crippen LogP contribution in [0.1, 0.15) is 44.2 Å². The van der Waals surface area contributed by atoms with E-state index in [0.29, 0.717) is 0 Å². The summed E-state index contributed by atoms with van der Waals surface area (Å²) in [7, 11) is 3.59. The van der Waals surface area contributed by atoms with Crippen LogP contribution in [0.15, 0.2) is 18.5 Å². The summed E-state index contributed by atoms with van der Waals surface area (Å²) in [6.45, 7) is 7.14. The SMILES string of the molecule is CCNC(c1ccn(C)n1)c1c(OC)cnn1C(C)C. The van der Waals surface area contributed by atoms with E-state index in [-0.39, 0.29) is 12.1 Å². The lowest BCUT2D eigenvalue weighted by Gasteiger charge is -2.20. The lowest BCUT2D eigenvalue weighted by atomic mass is 10.1. The van der Waals surface area contributed by atoms with Gasteiger partial charge in [-0.15, -0.1) is 0 Å². The van der Waals surface area contributed by atoms with Gasteiger partial charge in [-0.1, -0.05) is 6.92 Å². The van der Waals surface area contributed by atoms with Crippen LogP contribution in [-0.2, 0) is 7.05 Å². The highest BCUT2D eigenvalue weighted by Crippen LogP contribution is 2.31. The van der Waals surface area contributed by atoms with Gasteiger partial charge >= 0.3 is 0 Å². The van der Waals surface area contributed by atoms with Crippen molar-refractivity contribution in [3.8, 4) is 5.75 Å². The molecule has 6 nitrogen and oxygen atoms in total. The fraction of sp³-hybridized carbons (Fsp3) is 0.571. The van der Waals surface area contributed by atoms with Gasteiger partial charge < -0.3 is 10.1 Å². The summed E-state index contributed by atoms with van der Waals surface area (Å²) in [5.74, 6) is 0.787. The van der Waals surface area contributed by atoms with E-state index in [9.17, 15) is 0 Å². The van der Waals surface area contributed by atoms with Crippen molar-refractivity contribution in [2.75, 3.05) is 13.7 Å². The second-order valence-corrected chi connectivity index (χ2v) is 5.04. The molecule has 0 saturated heterocycles. The number of hydrogen-bond donors (Lipinski definition) is 1. The van der Waals surface area contributed by atoms with Gasteiger partial charge in [0, 0.05) is 19.3 Å². The Hall–Kier alpha value is -1.82. The molecule has 0 aliphatic rings. The average molecular weight is 277 g/mol. The molecule has 0 spiro atoms. The van der Waals surface area contributed by atoms with Crippen LogP contribution in [-0.4, -0.2) is 33.2 Å². The Morgan fingerprint density at radius 2 is 2.15 bits per heavy atom. The number of methoxy groups -OCH3 is 1. The molecule has 6 heteroatoms. The number of rotatable bonds is 6. The standard InChI is InChI=1S/C14H23N5O/c1-6-15-13(11-7-8-18(4)17-11)14-12(20-5)9-16-19(14)10(2)3/h7-10,13,15H,6H2,1-5H3. The van der Waals surface area contributed by atoms with Crippen LogP contribution < -0.4 is 10.1 Å². The van der Waals surface area contributed by atoms with Gasteiger partial charge in [0.25, 0.3) is 0 Å². The van der Waals surface area contributed by atoms with E-state index >= 15 is 0 Å². The minimum absolute atomic E-state index is 0.0268. The van der Waals surface area contributed by atoms with Gasteiger partial charge in [-0.05, 0) is 26.5 Å². The van der Waals surface area contributed by atoms with E-state index in [1.54, 1.807) is 13.3 Å². The van der Waals surface area contributed by atoms with Crippen molar-refractivity contribution >= 4 is 0 Å². The molecule has 0 bridgehead atoms. The van der Waals surface area contributed by atoms with E-state index < -0.39 is 0 Å². The summed E-state index contributed by atoms with van der Waals surface area (Å²) >= 11 is 0. The quantitative estimate of drug-likeness (QED) is 0.876. The maximum Gasteiger partial charge on any atom is 0.162 e. The molecule has 0 fully saturated rings. The van der Waals surface area contributed by atoms with E-state index in [1.165, 1.54) is 0 Å². The largest absolute Gasteiger partial charge is 0.493 e. The molecule has 2 heterocycles. The highest BCUT2D eigenvalue weighted by molar-refractivity contribution is 5.34. The number of hydrogen-bond acceptors (Lipinski definition) is 4. The summed E-state index contributed by atoms with van der Waals surface area (Å²) in [6, 6.07) is 2.25. The number of aryl methyl sites for hydroxylation is 1. The molecular formula is C14H23N5O. The third kappa shape index (κ3) is 2.70. The molecular weight excluding hydrogens is 254 g/mol. The predicted octanol–water partition coefficient (Wildman–Crippen LogP) is 1.90. The van der Waals surface area contributed by atoms with Gasteiger partial charge in [-0.25, -0.2) is 0 Å². The van der Waals surface area contributed by atoms with E-state index in [0.717, 1.165) is 23.7 Å². The zero-order valence-corrected chi connectivity index (χ0v) is 12.8. The number of nitrogens with zero attached hydrogens (tertiary/aromatic N) is 4. The van der Waals surface area contributed by atoms with Gasteiger partial charge in [0.1, 0.15) is 5.69 Å². The Kier molecular flexibility index (Phi) is 4.44. The smallest absolute Gasteiger partial charge is 0.162 e. The van der Waals surface area contributed by atoms with Crippen molar-refractivity contribution in [1.82, 2.24) is 24.9 Å². The van der Waals surface area contributed by atoms with Crippen LogP contribution in [0.25, 0.3) is 0 Å². The van der Waals surface area contributed by atoms with Gasteiger partial charge in [-0.3, -0.25) is 9.36 Å². The number of aromatic nitrogens is 4. The number of ether oxygens (including phenoxy) is 1. The predicted molar refractivity (Wildman–Crippen MR) is 77.9 cm³/mol. The molecule has 1 N–H and O–H groups in total. The van der Waals surface area contributed by atoms with Crippen molar-refractivity contribution in [3.63, 3.8) is 0 Å². The maximum atomic E-state index is 5.47. The monoisotopic (exact) mass is 277 g/mol. The summed E-state index contributed by atoms with van der Waals surface area (Å²) < 4.78 is 9.27. The highest BCUT2D eigenvalue weighted by atomic mass is 16.5. The lowest BCUT2D eigenvalue weighted by molar-refractivity contribution is 0.392. The summed E-state index contributed by atoms with van der Waals surface area (Å²) in [5.41, 5.74) is 1.98. The Morgan fingerprint density at radius 1 is 1.40 bits per heavy atom. The van der Waals surface area contributed by atoms with Gasteiger partial charge in [0.15, 0.2) is 5.75 Å². The topological polar surface area (TPSA) is 56.9 Å². The second-order valence-electron chi connectivity index (χ2n) is 5.04. The Labute approximate surface area is 119 Å². The lowest BCUT2D eigenvalue weighted by Crippen LogP contribution is -2.26. The summed E-state index contributed by atoms with van der Waals surface area (Å²) in [4.78, 5) is 0. The fourth-order valence-corrected chi connectivity index (χ4v) is 2.33. The molecule has 2 aromatic heterocycles. The van der Waals surface area contributed by atoms with Crippen LogP contribution in [0.3, 0.4) is 0 Å². The molecule has 0 aliphatic heterocycles. The van der Waals surface area contributed by atoms with Gasteiger partial charge in [0.2, 0.25) is 0 Å². The Bertz CT molecular complexity index is 558. The molecule has 2 aromatic rings. The van der Waals surface area contributed by atoms with Crippen molar-refractivity contribution in [2.45, 2.75) is 32.9 Å². The van der Waals surface area contributed by atoms with Crippen LogP contribution in [0.5, 0.6) is 5.75 Å². The van der Waals surface area contributed by atoms with Crippen LogP contribution >= 0.6 is 0 Å². The zero-order valence-electron chi connectivity index (χ0n) is 12.8. The molecule has 0 amide bonds. The number of nitrogens with one attached hydrogen (secondary N) is 1. The second kappa shape index (κ2) is 6.09. The fourth-order valence-electron chi connectivity index (χ4n) is 2.33. The molecule has 2 rings (SSSR count). The molecule has 1 atom stereocenters. The first kappa shape index (κ1) is 14.6. The summed E-state index contributed by atoms with van der Waals surface area (Å²) in [5, 5.41) is 12.4. The molecule has 0 aromatic carbocycles. The molecule has 0 radical (unpaired) electrons. The van der Waals surface area contributed by atoms with E-state index in [4.69, 9.17) is 4.74 Å². The first-order valence-corrected chi connectivity index (χ1v) is 6.92. The summed E-state index contributed by atoms with van der Waals surface area (Å²) in [6.07, 6.45) is 3.71. The first-order valence-electron chi connectivity index (χ1n) is 6.92. The van der Waals surface area contributed by atoms with Crippen molar-refractivity contribution in [1.29, 1.82) is 0 Å². The minimum atomic E-state index is -0.0268. The third-order valence-electron chi connectivity index (χ3n) is 3.22. The molecule has 1 unspecified atom stereocenters. The highest BCUT2D eigenvalue weighted by Gasteiger charge is 2.25. The van der Waals surface area contributed by atoms with Crippen molar-refractivity contribution in [3.05, 3.63) is 29.8 Å². The normalized spacial score (nSPS) is 12.9. The zero-order chi connectivity index (χ0) is 14.7.